The van der Waals surface area contributed by atoms with E-state index in [0.717, 1.165) is 21.2 Å². The van der Waals surface area contributed by atoms with E-state index >= 15 is 0 Å². The van der Waals surface area contributed by atoms with Crippen molar-refractivity contribution >= 4 is 44.7 Å². The van der Waals surface area contributed by atoms with Crippen LogP contribution in [0.1, 0.15) is 0 Å². The molecule has 0 N–H and O–H groups in total. The lowest BCUT2D eigenvalue weighted by atomic mass is 10.3. The van der Waals surface area contributed by atoms with Gasteiger partial charge in [-0.3, -0.25) is 4.98 Å². The van der Waals surface area contributed by atoms with Crippen molar-refractivity contribution in [3.63, 3.8) is 0 Å². The van der Waals surface area contributed by atoms with Crippen LogP contribution in [-0.2, 0) is 0 Å². The SMILES string of the molecule is S=c1oc2ccccc2cnc2ccccc2s1. The van der Waals surface area contributed by atoms with Crippen molar-refractivity contribution in [1.82, 2.24) is 4.98 Å². The Morgan fingerprint density at radius 1 is 1.00 bits per heavy atom. The predicted octanol–water partition coefficient (Wildman–Crippen LogP) is 4.90. The number of hydrogen-bond acceptors (Lipinski definition) is 4. The van der Waals surface area contributed by atoms with Crippen LogP contribution in [0.25, 0.3) is 21.2 Å². The molecule has 0 aliphatic heterocycles. The molecule has 0 aliphatic rings. The van der Waals surface area contributed by atoms with E-state index in [4.69, 9.17) is 16.6 Å². The van der Waals surface area contributed by atoms with Gasteiger partial charge in [0.1, 0.15) is 5.58 Å². The first-order chi connectivity index (χ1) is 8.83. The van der Waals surface area contributed by atoms with E-state index in [0.29, 0.717) is 4.02 Å². The third-order valence-corrected chi connectivity index (χ3v) is 3.66. The van der Waals surface area contributed by atoms with Gasteiger partial charge in [0.25, 0.3) is 0 Å². The Morgan fingerprint density at radius 3 is 2.72 bits per heavy atom. The summed E-state index contributed by atoms with van der Waals surface area (Å²) in [6, 6.07) is 15.6. The van der Waals surface area contributed by atoms with Crippen LogP contribution in [0.4, 0.5) is 0 Å². The second kappa shape index (κ2) is 4.84. The molecule has 0 atom stereocenters. The lowest BCUT2D eigenvalue weighted by Crippen LogP contribution is -1.70. The van der Waals surface area contributed by atoms with Crippen molar-refractivity contribution in [1.29, 1.82) is 0 Å². The van der Waals surface area contributed by atoms with E-state index in [9.17, 15) is 0 Å². The smallest absolute Gasteiger partial charge is 0.248 e. The summed E-state index contributed by atoms with van der Waals surface area (Å²) in [5.41, 5.74) is 1.65. The van der Waals surface area contributed by atoms with Gasteiger partial charge in [-0.1, -0.05) is 35.6 Å². The maximum absolute atomic E-state index is 5.68. The van der Waals surface area contributed by atoms with Crippen LogP contribution in [0.2, 0.25) is 0 Å². The van der Waals surface area contributed by atoms with Crippen LogP contribution in [0, 0.1) is 4.02 Å². The minimum Gasteiger partial charge on any atom is -0.436 e. The third kappa shape index (κ3) is 2.25. The molecule has 0 radical (unpaired) electrons. The largest absolute Gasteiger partial charge is 0.436 e. The second-order valence-corrected chi connectivity index (χ2v) is 5.36. The van der Waals surface area contributed by atoms with Gasteiger partial charge < -0.3 is 4.42 Å². The normalized spacial score (nSPS) is 10.4. The molecule has 0 aliphatic carbocycles. The van der Waals surface area contributed by atoms with Crippen LogP contribution in [0.15, 0.2) is 59.1 Å². The quantitative estimate of drug-likeness (QED) is 0.544. The third-order valence-electron chi connectivity index (χ3n) is 2.51. The molecule has 18 heavy (non-hydrogen) atoms. The summed E-state index contributed by atoms with van der Waals surface area (Å²) in [6.07, 6.45) is 1.81. The summed E-state index contributed by atoms with van der Waals surface area (Å²) >= 11 is 6.67. The van der Waals surface area contributed by atoms with Crippen LogP contribution in [0.3, 0.4) is 0 Å². The topological polar surface area (TPSA) is 26.0 Å². The molecule has 88 valence electrons. The maximum Gasteiger partial charge on any atom is 0.248 e. The van der Waals surface area contributed by atoms with Gasteiger partial charge in [0, 0.05) is 11.6 Å². The molecule has 1 aromatic heterocycles. The monoisotopic (exact) mass is 271 g/mol. The van der Waals surface area contributed by atoms with Crippen LogP contribution in [-0.4, -0.2) is 4.98 Å². The molecular weight excluding hydrogens is 262 g/mol. The van der Waals surface area contributed by atoms with Crippen LogP contribution in [0.5, 0.6) is 0 Å². The zero-order valence-corrected chi connectivity index (χ0v) is 11.0. The van der Waals surface area contributed by atoms with Crippen LogP contribution < -0.4 is 0 Å². The minimum atomic E-state index is 0.486. The van der Waals surface area contributed by atoms with E-state index < -0.39 is 0 Å². The van der Waals surface area contributed by atoms with Crippen LogP contribution >= 0.6 is 23.6 Å². The highest BCUT2D eigenvalue weighted by Gasteiger charge is 1.94. The molecule has 0 spiro atoms. The Labute approximate surface area is 113 Å². The number of aromatic nitrogens is 1. The first-order valence-corrected chi connectivity index (χ1v) is 6.67. The molecule has 0 bridgehead atoms. The van der Waals surface area contributed by atoms with Crippen molar-refractivity contribution in [2.24, 2.45) is 0 Å². The van der Waals surface area contributed by atoms with Crippen molar-refractivity contribution in [3.8, 4) is 0 Å². The Balaban J connectivity index is 2.55. The van der Waals surface area contributed by atoms with Crippen molar-refractivity contribution in [3.05, 3.63) is 58.7 Å². The first kappa shape index (κ1) is 11.3. The number of nitrogens with zero attached hydrogens (tertiary/aromatic N) is 1. The highest BCUT2D eigenvalue weighted by Crippen LogP contribution is 2.17. The highest BCUT2D eigenvalue weighted by atomic mass is 32.1. The standard InChI is InChI=1S/C14H9NOS2/c17-14-16-12-7-3-1-5-10(12)9-15-11-6-2-4-8-13(11)18-14/h1-9H. The second-order valence-electron chi connectivity index (χ2n) is 3.72. The molecule has 0 saturated carbocycles. The summed E-state index contributed by atoms with van der Waals surface area (Å²) in [4.78, 5) is 4.50. The van der Waals surface area contributed by atoms with Gasteiger partial charge in [0.05, 0.1) is 10.2 Å². The fourth-order valence-corrected chi connectivity index (χ4v) is 2.71. The fourth-order valence-electron chi connectivity index (χ4n) is 1.67. The Hall–Kier alpha value is -1.78. The molecular formula is C14H9NOS2. The van der Waals surface area contributed by atoms with Gasteiger partial charge in [-0.05, 0) is 36.5 Å². The van der Waals surface area contributed by atoms with Gasteiger partial charge >= 0.3 is 0 Å². The molecule has 3 aromatic rings. The van der Waals surface area contributed by atoms with Gasteiger partial charge in [0.15, 0.2) is 0 Å². The van der Waals surface area contributed by atoms with E-state index in [2.05, 4.69) is 4.98 Å². The average molecular weight is 271 g/mol. The number of hydrogen-bond donors (Lipinski definition) is 0. The number of para-hydroxylation sites is 2. The zero-order chi connectivity index (χ0) is 12.4. The lowest BCUT2D eigenvalue weighted by Gasteiger charge is -1.88. The van der Waals surface area contributed by atoms with E-state index in [1.165, 1.54) is 11.3 Å². The van der Waals surface area contributed by atoms with Crippen molar-refractivity contribution in [2.45, 2.75) is 0 Å². The van der Waals surface area contributed by atoms with E-state index in [1.54, 1.807) is 0 Å². The van der Waals surface area contributed by atoms with Gasteiger partial charge in [-0.2, -0.15) is 0 Å². The molecule has 3 rings (SSSR count). The van der Waals surface area contributed by atoms with Gasteiger partial charge in [-0.15, -0.1) is 0 Å². The summed E-state index contributed by atoms with van der Waals surface area (Å²) in [5.74, 6) is 0. The fraction of sp³-hybridized carbons (Fsp3) is 0. The number of rotatable bonds is 0. The Kier molecular flexibility index (Phi) is 3.04. The molecule has 0 saturated heterocycles. The maximum atomic E-state index is 5.68. The van der Waals surface area contributed by atoms with Gasteiger partial charge in [-0.25, -0.2) is 0 Å². The zero-order valence-electron chi connectivity index (χ0n) is 9.37. The molecule has 0 amide bonds. The van der Waals surface area contributed by atoms with E-state index in [-0.39, 0.29) is 0 Å². The summed E-state index contributed by atoms with van der Waals surface area (Å²) < 4.78 is 7.17. The average Bonchev–Trinajstić information content (AvgIpc) is 2.45. The molecule has 1 heterocycles. The Bertz CT molecular complexity index is 752. The lowest BCUT2D eigenvalue weighted by molar-refractivity contribution is 0.604. The summed E-state index contributed by atoms with van der Waals surface area (Å²) in [5, 5.41) is 0.928. The molecule has 2 nitrogen and oxygen atoms in total. The minimum absolute atomic E-state index is 0.486. The van der Waals surface area contributed by atoms with Crippen molar-refractivity contribution in [2.75, 3.05) is 0 Å². The summed E-state index contributed by atoms with van der Waals surface area (Å²) in [6.45, 7) is 0. The highest BCUT2D eigenvalue weighted by molar-refractivity contribution is 7.73. The molecule has 0 fully saturated rings. The van der Waals surface area contributed by atoms with Crippen molar-refractivity contribution < 1.29 is 4.42 Å². The summed E-state index contributed by atoms with van der Waals surface area (Å²) in [7, 11) is 0. The molecule has 2 aromatic carbocycles. The van der Waals surface area contributed by atoms with Gasteiger partial charge in [0.2, 0.25) is 4.02 Å². The van der Waals surface area contributed by atoms with E-state index in [1.807, 2.05) is 54.7 Å². The number of fused-ring (bicyclic) bond motifs is 2. The predicted molar refractivity (Wildman–Crippen MR) is 77.9 cm³/mol. The number of benzene rings is 2. The molecule has 0 unspecified atom stereocenters. The first-order valence-electron chi connectivity index (χ1n) is 5.45. The Morgan fingerprint density at radius 2 is 1.78 bits per heavy atom. The molecule has 4 heteroatoms.